The quantitative estimate of drug-likeness (QED) is 0.722. The molecule has 0 unspecified atom stereocenters. The molecule has 0 aliphatic heterocycles. The molecule has 0 spiro atoms. The molecule has 0 saturated heterocycles. The van der Waals surface area contributed by atoms with Crippen molar-refractivity contribution in [2.45, 2.75) is 12.8 Å². The maximum absolute atomic E-state index is 11.9. The lowest BCUT2D eigenvalue weighted by Gasteiger charge is -2.03. The second kappa shape index (κ2) is 8.62. The summed E-state index contributed by atoms with van der Waals surface area (Å²) in [6, 6.07) is 1.75. The van der Waals surface area contributed by atoms with Gasteiger partial charge in [0.2, 0.25) is 5.91 Å². The first-order valence-electron chi connectivity index (χ1n) is 6.72. The van der Waals surface area contributed by atoms with Crippen molar-refractivity contribution in [2.24, 2.45) is 0 Å². The molecule has 0 fully saturated rings. The third-order valence-corrected chi connectivity index (χ3v) is 4.23. The van der Waals surface area contributed by atoms with Crippen molar-refractivity contribution in [1.29, 1.82) is 0 Å². The van der Waals surface area contributed by atoms with Gasteiger partial charge in [-0.15, -0.1) is 11.3 Å². The van der Waals surface area contributed by atoms with Crippen LogP contribution < -0.4 is 10.6 Å². The second-order valence-corrected chi connectivity index (χ2v) is 6.12. The molecule has 0 atom stereocenters. The summed E-state index contributed by atoms with van der Waals surface area (Å²) in [7, 11) is 1.63. The molecule has 2 rings (SSSR count). The molecule has 6 nitrogen and oxygen atoms in total. The number of carbonyl (C=O) groups is 2. The molecule has 0 aliphatic rings. The van der Waals surface area contributed by atoms with Crippen LogP contribution in [0.15, 0.2) is 22.2 Å². The zero-order valence-corrected chi connectivity index (χ0v) is 13.8. The molecule has 2 amide bonds. The minimum absolute atomic E-state index is 0.0860. The number of ether oxygens (including phenoxy) is 1. The Bertz CT molecular complexity index is 611. The van der Waals surface area contributed by atoms with Crippen molar-refractivity contribution in [2.75, 3.05) is 25.6 Å². The predicted molar refractivity (Wildman–Crippen MR) is 87.6 cm³/mol. The summed E-state index contributed by atoms with van der Waals surface area (Å²) in [4.78, 5) is 27.9. The minimum atomic E-state index is -0.189. The molecular weight excluding hydrogens is 322 g/mol. The summed E-state index contributed by atoms with van der Waals surface area (Å²) in [5.41, 5.74) is 1.26. The lowest BCUT2D eigenvalue weighted by Crippen LogP contribution is -2.26. The van der Waals surface area contributed by atoms with Gasteiger partial charge in [0.25, 0.3) is 5.91 Å². The number of carbonyl (C=O) groups excluding carboxylic acids is 2. The molecule has 0 aromatic carbocycles. The Morgan fingerprint density at radius 1 is 1.36 bits per heavy atom. The number of methoxy groups -OCH3 is 1. The van der Waals surface area contributed by atoms with Gasteiger partial charge < -0.3 is 10.1 Å². The maximum atomic E-state index is 11.9. The molecule has 0 radical (unpaired) electrons. The van der Waals surface area contributed by atoms with Crippen LogP contribution in [-0.4, -0.2) is 37.1 Å². The minimum Gasteiger partial charge on any atom is -0.385 e. The van der Waals surface area contributed by atoms with Gasteiger partial charge in [-0.1, -0.05) is 0 Å². The summed E-state index contributed by atoms with van der Waals surface area (Å²) >= 11 is 2.77. The lowest BCUT2D eigenvalue weighted by atomic mass is 10.3. The van der Waals surface area contributed by atoms with Gasteiger partial charge in [0.1, 0.15) is 0 Å². The van der Waals surface area contributed by atoms with Crippen molar-refractivity contribution >= 4 is 39.6 Å². The standard InChI is InChI=1S/C14H17N3O3S2/c1-20-5-2-4-15-12(18)7-11-9-22-14(16-11)17-13(19)10-3-6-21-8-10/h3,6,8-9H,2,4-5,7H2,1H3,(H,15,18)(H,16,17,19). The molecule has 0 aliphatic carbocycles. The van der Waals surface area contributed by atoms with Crippen molar-refractivity contribution in [1.82, 2.24) is 10.3 Å². The van der Waals surface area contributed by atoms with E-state index in [0.717, 1.165) is 6.42 Å². The third-order valence-electron chi connectivity index (χ3n) is 2.74. The second-order valence-electron chi connectivity index (χ2n) is 4.48. The summed E-state index contributed by atoms with van der Waals surface area (Å²) in [5.74, 6) is -0.275. The SMILES string of the molecule is COCCCNC(=O)Cc1csc(NC(=O)c2ccsc2)n1. The monoisotopic (exact) mass is 339 g/mol. The summed E-state index contributed by atoms with van der Waals surface area (Å²) < 4.78 is 4.91. The van der Waals surface area contributed by atoms with Gasteiger partial charge in [-0.25, -0.2) is 4.98 Å². The fourth-order valence-electron chi connectivity index (χ4n) is 1.68. The first-order chi connectivity index (χ1) is 10.7. The molecule has 2 aromatic rings. The van der Waals surface area contributed by atoms with E-state index >= 15 is 0 Å². The van der Waals surface area contributed by atoms with E-state index in [1.54, 1.807) is 23.9 Å². The zero-order valence-electron chi connectivity index (χ0n) is 12.1. The maximum Gasteiger partial charge on any atom is 0.258 e. The van der Waals surface area contributed by atoms with Crippen LogP contribution >= 0.6 is 22.7 Å². The van der Waals surface area contributed by atoms with Crippen LogP contribution in [0.3, 0.4) is 0 Å². The van der Waals surface area contributed by atoms with Crippen LogP contribution in [-0.2, 0) is 16.0 Å². The first-order valence-corrected chi connectivity index (χ1v) is 8.55. The molecular formula is C14H17N3O3S2. The van der Waals surface area contributed by atoms with E-state index in [1.807, 2.05) is 5.38 Å². The number of aromatic nitrogens is 1. The average molecular weight is 339 g/mol. The Labute approximate surface area is 136 Å². The van der Waals surface area contributed by atoms with Crippen molar-refractivity contribution in [3.63, 3.8) is 0 Å². The van der Waals surface area contributed by atoms with Gasteiger partial charge in [-0.05, 0) is 17.9 Å². The van der Waals surface area contributed by atoms with Gasteiger partial charge in [0.15, 0.2) is 5.13 Å². The van der Waals surface area contributed by atoms with E-state index < -0.39 is 0 Å². The first kappa shape index (κ1) is 16.6. The number of hydrogen-bond donors (Lipinski definition) is 2. The number of nitrogens with one attached hydrogen (secondary N) is 2. The van der Waals surface area contributed by atoms with Crippen LogP contribution in [0.2, 0.25) is 0 Å². The van der Waals surface area contributed by atoms with E-state index in [4.69, 9.17) is 4.74 Å². The highest BCUT2D eigenvalue weighted by atomic mass is 32.1. The van der Waals surface area contributed by atoms with Crippen LogP contribution in [0.5, 0.6) is 0 Å². The van der Waals surface area contributed by atoms with E-state index in [-0.39, 0.29) is 18.2 Å². The van der Waals surface area contributed by atoms with Crippen molar-refractivity contribution in [3.8, 4) is 0 Å². The molecule has 8 heteroatoms. The van der Waals surface area contributed by atoms with Crippen LogP contribution in [0.1, 0.15) is 22.5 Å². The molecule has 2 N–H and O–H groups in total. The number of thiazole rings is 1. The van der Waals surface area contributed by atoms with Crippen LogP contribution in [0, 0.1) is 0 Å². The molecule has 22 heavy (non-hydrogen) atoms. The van der Waals surface area contributed by atoms with Crippen LogP contribution in [0.25, 0.3) is 0 Å². The summed E-state index contributed by atoms with van der Waals surface area (Å²) in [6.45, 7) is 1.20. The normalized spacial score (nSPS) is 10.4. The van der Waals surface area contributed by atoms with Gasteiger partial charge >= 0.3 is 0 Å². The fraction of sp³-hybridized carbons (Fsp3) is 0.357. The summed E-state index contributed by atoms with van der Waals surface area (Å²) in [5, 5.41) is 11.4. The highest BCUT2D eigenvalue weighted by molar-refractivity contribution is 7.14. The average Bonchev–Trinajstić information content (AvgIpc) is 3.15. The van der Waals surface area contributed by atoms with Gasteiger partial charge in [-0.2, -0.15) is 11.3 Å². The van der Waals surface area contributed by atoms with E-state index in [2.05, 4.69) is 15.6 Å². The Kier molecular flexibility index (Phi) is 6.50. The van der Waals surface area contributed by atoms with Crippen molar-refractivity contribution in [3.05, 3.63) is 33.5 Å². The topological polar surface area (TPSA) is 80.3 Å². The molecule has 2 aromatic heterocycles. The number of hydrogen-bond acceptors (Lipinski definition) is 6. The summed E-state index contributed by atoms with van der Waals surface area (Å²) in [6.07, 6.45) is 0.985. The fourth-order valence-corrected chi connectivity index (χ4v) is 3.02. The van der Waals surface area contributed by atoms with Gasteiger partial charge in [-0.3, -0.25) is 14.9 Å². The Morgan fingerprint density at radius 2 is 2.23 bits per heavy atom. The Balaban J connectivity index is 1.78. The van der Waals surface area contributed by atoms with E-state index in [0.29, 0.717) is 29.5 Å². The molecule has 118 valence electrons. The lowest BCUT2D eigenvalue weighted by molar-refractivity contribution is -0.120. The number of thiophene rings is 1. The van der Waals surface area contributed by atoms with E-state index in [1.165, 1.54) is 22.7 Å². The number of rotatable bonds is 8. The number of amides is 2. The smallest absolute Gasteiger partial charge is 0.258 e. The molecule has 0 bridgehead atoms. The predicted octanol–water partition coefficient (Wildman–Crippen LogP) is 2.15. The third kappa shape index (κ3) is 5.21. The molecule has 2 heterocycles. The zero-order chi connectivity index (χ0) is 15.8. The number of anilines is 1. The number of nitrogens with zero attached hydrogens (tertiary/aromatic N) is 1. The highest BCUT2D eigenvalue weighted by Crippen LogP contribution is 2.17. The highest BCUT2D eigenvalue weighted by Gasteiger charge is 2.11. The largest absolute Gasteiger partial charge is 0.385 e. The van der Waals surface area contributed by atoms with E-state index in [9.17, 15) is 9.59 Å². The van der Waals surface area contributed by atoms with Gasteiger partial charge in [0.05, 0.1) is 17.7 Å². The van der Waals surface area contributed by atoms with Gasteiger partial charge in [0, 0.05) is 31.0 Å². The Morgan fingerprint density at radius 3 is 2.95 bits per heavy atom. The Hall–Kier alpha value is -1.77. The molecule has 0 saturated carbocycles. The van der Waals surface area contributed by atoms with Crippen molar-refractivity contribution < 1.29 is 14.3 Å². The van der Waals surface area contributed by atoms with Crippen LogP contribution in [0.4, 0.5) is 5.13 Å².